The summed E-state index contributed by atoms with van der Waals surface area (Å²) in [5, 5.41) is 0.487. The van der Waals surface area contributed by atoms with Crippen molar-refractivity contribution in [1.82, 2.24) is 19.9 Å². The molecule has 0 saturated carbocycles. The van der Waals surface area contributed by atoms with Crippen LogP contribution in [-0.2, 0) is 6.42 Å². The summed E-state index contributed by atoms with van der Waals surface area (Å²) in [7, 11) is 0. The lowest BCUT2D eigenvalue weighted by molar-refractivity contribution is 0.186. The van der Waals surface area contributed by atoms with Crippen molar-refractivity contribution < 1.29 is 4.39 Å². The van der Waals surface area contributed by atoms with Crippen LogP contribution in [0, 0.1) is 11.2 Å². The number of nitrogens with two attached hydrogens (primary N) is 2. The topological polar surface area (TPSA) is 107 Å². The minimum atomic E-state index is -0.403. The number of hydrogen-bond acceptors (Lipinski definition) is 9. The standard InChI is InChI=1S/C19H20FN7S2/c20-11-8-23-4-1-12(11)29-18-17(22)26-14(9-24-18)27-5-2-19(3-6-27)7-13-15(16(19)21)25-10-28-13/h1,4,8-10,16H,2-3,5-7,21H2,(H2,22,26)/t16-/m1/s1. The first kappa shape index (κ1) is 18.7. The van der Waals surface area contributed by atoms with Gasteiger partial charge in [0.15, 0.2) is 11.6 Å². The predicted octanol–water partition coefficient (Wildman–Crippen LogP) is 3.04. The van der Waals surface area contributed by atoms with Crippen LogP contribution in [0.3, 0.4) is 0 Å². The molecule has 1 aliphatic carbocycles. The molecule has 0 unspecified atom stereocenters. The molecule has 10 heteroatoms. The Bertz CT molecular complexity index is 1050. The third-order valence-corrected chi connectivity index (χ3v) is 7.82. The number of piperidine rings is 1. The summed E-state index contributed by atoms with van der Waals surface area (Å²) in [6.45, 7) is 1.70. The molecule has 7 nitrogen and oxygen atoms in total. The number of nitrogen functional groups attached to an aromatic ring is 1. The third kappa shape index (κ3) is 3.24. The number of fused-ring (bicyclic) bond motifs is 1. The van der Waals surface area contributed by atoms with Gasteiger partial charge >= 0.3 is 0 Å². The average molecular weight is 430 g/mol. The van der Waals surface area contributed by atoms with Crippen LogP contribution in [0.1, 0.15) is 29.5 Å². The summed E-state index contributed by atoms with van der Waals surface area (Å²) < 4.78 is 13.8. The summed E-state index contributed by atoms with van der Waals surface area (Å²) in [4.78, 5) is 21.1. The molecule has 150 valence electrons. The maximum Gasteiger partial charge on any atom is 0.158 e. The van der Waals surface area contributed by atoms with Gasteiger partial charge in [-0.15, -0.1) is 11.3 Å². The molecular weight excluding hydrogens is 409 g/mol. The van der Waals surface area contributed by atoms with Gasteiger partial charge in [-0.3, -0.25) is 4.98 Å². The van der Waals surface area contributed by atoms with E-state index in [0.29, 0.717) is 15.7 Å². The zero-order valence-electron chi connectivity index (χ0n) is 15.6. The van der Waals surface area contributed by atoms with Gasteiger partial charge in [0.05, 0.1) is 34.5 Å². The number of pyridine rings is 1. The normalized spacial score (nSPS) is 20.2. The average Bonchev–Trinajstić information content (AvgIpc) is 3.27. The number of aromatic nitrogens is 4. The molecule has 2 aliphatic rings. The van der Waals surface area contributed by atoms with Gasteiger partial charge in [0.25, 0.3) is 0 Å². The summed E-state index contributed by atoms with van der Waals surface area (Å²) in [6.07, 6.45) is 7.40. The molecule has 1 fully saturated rings. The van der Waals surface area contributed by atoms with Crippen molar-refractivity contribution in [2.45, 2.75) is 35.2 Å². The second-order valence-corrected chi connectivity index (χ2v) is 9.46. The quantitative estimate of drug-likeness (QED) is 0.654. The number of hydrogen-bond donors (Lipinski definition) is 2. The molecular formula is C19H20FN7S2. The largest absolute Gasteiger partial charge is 0.381 e. The van der Waals surface area contributed by atoms with Crippen molar-refractivity contribution in [2.24, 2.45) is 11.1 Å². The van der Waals surface area contributed by atoms with E-state index in [9.17, 15) is 4.39 Å². The number of anilines is 2. The first-order chi connectivity index (χ1) is 14.1. The fourth-order valence-electron chi connectivity index (χ4n) is 4.22. The fourth-order valence-corrected chi connectivity index (χ4v) is 5.92. The van der Waals surface area contributed by atoms with Gasteiger partial charge in [0.2, 0.25) is 0 Å². The first-order valence-electron chi connectivity index (χ1n) is 9.38. The van der Waals surface area contributed by atoms with Crippen molar-refractivity contribution in [1.29, 1.82) is 0 Å². The van der Waals surface area contributed by atoms with E-state index in [4.69, 9.17) is 11.5 Å². The predicted molar refractivity (Wildman–Crippen MR) is 111 cm³/mol. The Morgan fingerprint density at radius 3 is 2.79 bits per heavy atom. The Balaban J connectivity index is 1.29. The second-order valence-electron chi connectivity index (χ2n) is 7.49. The van der Waals surface area contributed by atoms with E-state index in [0.717, 1.165) is 55.6 Å². The Hall–Kier alpha value is -2.30. The summed E-state index contributed by atoms with van der Waals surface area (Å²) in [5.74, 6) is 0.643. The van der Waals surface area contributed by atoms with Crippen LogP contribution >= 0.6 is 23.1 Å². The number of nitrogens with zero attached hydrogens (tertiary/aromatic N) is 5. The Morgan fingerprint density at radius 2 is 2.07 bits per heavy atom. The monoisotopic (exact) mass is 429 g/mol. The van der Waals surface area contributed by atoms with Crippen molar-refractivity contribution in [3.8, 4) is 0 Å². The zero-order valence-corrected chi connectivity index (χ0v) is 17.2. The van der Waals surface area contributed by atoms with Crippen LogP contribution in [0.4, 0.5) is 16.0 Å². The Labute approximate surface area is 175 Å². The molecule has 0 bridgehead atoms. The molecule has 3 aromatic rings. The van der Waals surface area contributed by atoms with Crippen molar-refractivity contribution >= 4 is 34.7 Å². The third-order valence-electron chi connectivity index (χ3n) is 5.92. The fraction of sp³-hybridized carbons (Fsp3) is 0.368. The van der Waals surface area contributed by atoms with E-state index in [2.05, 4.69) is 24.8 Å². The molecule has 5 rings (SSSR count). The Morgan fingerprint density at radius 1 is 1.24 bits per heavy atom. The number of rotatable bonds is 3. The smallest absolute Gasteiger partial charge is 0.158 e. The van der Waals surface area contributed by atoms with Crippen LogP contribution in [0.25, 0.3) is 0 Å². The van der Waals surface area contributed by atoms with Crippen LogP contribution in [0.15, 0.2) is 40.1 Å². The first-order valence-corrected chi connectivity index (χ1v) is 11.1. The molecule has 0 amide bonds. The van der Waals surface area contributed by atoms with Crippen molar-refractivity contribution in [3.63, 3.8) is 0 Å². The number of thiazole rings is 1. The highest BCUT2D eigenvalue weighted by atomic mass is 32.2. The van der Waals surface area contributed by atoms with Gasteiger partial charge in [0, 0.05) is 24.2 Å². The highest BCUT2D eigenvalue weighted by Crippen LogP contribution is 2.51. The zero-order chi connectivity index (χ0) is 20.0. The lowest BCUT2D eigenvalue weighted by Crippen LogP contribution is -2.44. The summed E-state index contributed by atoms with van der Waals surface area (Å²) in [6, 6.07) is 1.61. The molecule has 4 heterocycles. The molecule has 0 aromatic carbocycles. The lowest BCUT2D eigenvalue weighted by Gasteiger charge is -2.42. The molecule has 1 atom stereocenters. The van der Waals surface area contributed by atoms with Crippen LogP contribution in [0.5, 0.6) is 0 Å². The second kappa shape index (κ2) is 7.19. The maximum absolute atomic E-state index is 13.8. The van der Waals surface area contributed by atoms with Gasteiger partial charge < -0.3 is 16.4 Å². The van der Waals surface area contributed by atoms with Crippen molar-refractivity contribution in [2.75, 3.05) is 23.7 Å². The van der Waals surface area contributed by atoms with Gasteiger partial charge in [-0.05, 0) is 30.7 Å². The van der Waals surface area contributed by atoms with Gasteiger partial charge in [-0.2, -0.15) is 0 Å². The van der Waals surface area contributed by atoms with Crippen LogP contribution < -0.4 is 16.4 Å². The highest BCUT2D eigenvalue weighted by Gasteiger charge is 2.47. The minimum Gasteiger partial charge on any atom is -0.381 e. The van der Waals surface area contributed by atoms with E-state index < -0.39 is 5.82 Å². The van der Waals surface area contributed by atoms with Crippen LogP contribution in [-0.4, -0.2) is 33.0 Å². The lowest BCUT2D eigenvalue weighted by atomic mass is 9.73. The minimum absolute atomic E-state index is 0.0103. The summed E-state index contributed by atoms with van der Waals surface area (Å²) in [5.41, 5.74) is 15.7. The van der Waals surface area contributed by atoms with E-state index >= 15 is 0 Å². The van der Waals surface area contributed by atoms with Gasteiger partial charge in [0.1, 0.15) is 10.8 Å². The molecule has 1 aliphatic heterocycles. The van der Waals surface area contributed by atoms with Crippen LogP contribution in [0.2, 0.25) is 0 Å². The summed E-state index contributed by atoms with van der Waals surface area (Å²) >= 11 is 2.86. The molecule has 29 heavy (non-hydrogen) atoms. The van der Waals surface area contributed by atoms with Crippen molar-refractivity contribution in [3.05, 3.63) is 46.6 Å². The molecule has 3 aromatic heterocycles. The molecule has 0 radical (unpaired) electrons. The van der Waals surface area contributed by atoms with E-state index in [1.165, 1.54) is 17.3 Å². The maximum atomic E-state index is 13.8. The van der Waals surface area contributed by atoms with Gasteiger partial charge in [-0.25, -0.2) is 19.3 Å². The molecule has 1 saturated heterocycles. The Kier molecular flexibility index (Phi) is 4.64. The van der Waals surface area contributed by atoms with E-state index in [1.807, 2.05) is 5.51 Å². The highest BCUT2D eigenvalue weighted by molar-refractivity contribution is 7.99. The molecule has 4 N–H and O–H groups in total. The number of halogens is 1. The van der Waals surface area contributed by atoms with Gasteiger partial charge in [-0.1, -0.05) is 11.8 Å². The molecule has 1 spiro atoms. The van der Waals surface area contributed by atoms with E-state index in [-0.39, 0.29) is 11.5 Å². The SMILES string of the molecule is Nc1nc(N2CCC3(CC2)Cc2scnc2[C@H]3N)cnc1Sc1ccncc1F. The van der Waals surface area contributed by atoms with E-state index in [1.54, 1.807) is 23.6 Å².